The molecule has 6 heteroatoms. The van der Waals surface area contributed by atoms with Gasteiger partial charge in [-0.1, -0.05) is 6.07 Å². The molecule has 0 saturated heterocycles. The monoisotopic (exact) mass is 278 g/mol. The SMILES string of the molecule is c1ccc(-c2nc3n(n2)C(c2ccncc2)CCN3)nc1. The Kier molecular flexibility index (Phi) is 2.85. The number of fused-ring (bicyclic) bond motifs is 1. The number of nitrogens with one attached hydrogen (secondary N) is 1. The average Bonchev–Trinajstić information content (AvgIpc) is 3.00. The topological polar surface area (TPSA) is 68.5 Å². The summed E-state index contributed by atoms with van der Waals surface area (Å²) >= 11 is 0. The summed E-state index contributed by atoms with van der Waals surface area (Å²) in [5.74, 6) is 1.45. The van der Waals surface area contributed by atoms with E-state index in [1.807, 2.05) is 47.4 Å². The summed E-state index contributed by atoms with van der Waals surface area (Å²) in [5.41, 5.74) is 1.99. The fourth-order valence-corrected chi connectivity index (χ4v) is 2.60. The Balaban J connectivity index is 1.77. The maximum absolute atomic E-state index is 4.64. The lowest BCUT2D eigenvalue weighted by molar-refractivity contribution is 0.480. The Morgan fingerprint density at radius 2 is 2.00 bits per heavy atom. The summed E-state index contributed by atoms with van der Waals surface area (Å²) in [5, 5.41) is 7.94. The fraction of sp³-hybridized carbons (Fsp3) is 0.200. The standard InChI is InChI=1S/C15H14N6/c1-2-7-17-12(3-1)14-19-15-18-10-6-13(21(15)20-14)11-4-8-16-9-5-11/h1-5,7-9,13H,6,10H2,(H,18,19,20). The Hall–Kier alpha value is -2.76. The van der Waals surface area contributed by atoms with Gasteiger partial charge in [0, 0.05) is 25.1 Å². The van der Waals surface area contributed by atoms with Crippen molar-refractivity contribution in [2.45, 2.75) is 12.5 Å². The lowest BCUT2D eigenvalue weighted by Crippen LogP contribution is -2.24. The first kappa shape index (κ1) is 12.0. The van der Waals surface area contributed by atoms with E-state index in [-0.39, 0.29) is 6.04 Å². The molecule has 1 N–H and O–H groups in total. The van der Waals surface area contributed by atoms with Crippen LogP contribution >= 0.6 is 0 Å². The van der Waals surface area contributed by atoms with Gasteiger partial charge in [-0.2, -0.15) is 4.98 Å². The van der Waals surface area contributed by atoms with Crippen molar-refractivity contribution in [1.82, 2.24) is 24.7 Å². The van der Waals surface area contributed by atoms with Crippen LogP contribution in [0.15, 0.2) is 48.9 Å². The molecule has 0 spiro atoms. The highest BCUT2D eigenvalue weighted by atomic mass is 15.4. The van der Waals surface area contributed by atoms with Crippen molar-refractivity contribution in [3.05, 3.63) is 54.5 Å². The molecule has 0 amide bonds. The fourth-order valence-electron chi connectivity index (χ4n) is 2.60. The second-order valence-electron chi connectivity index (χ2n) is 4.93. The number of rotatable bonds is 2. The second-order valence-corrected chi connectivity index (χ2v) is 4.93. The number of hydrogen-bond acceptors (Lipinski definition) is 5. The van der Waals surface area contributed by atoms with Gasteiger partial charge >= 0.3 is 0 Å². The van der Waals surface area contributed by atoms with Gasteiger partial charge in [0.2, 0.25) is 11.8 Å². The van der Waals surface area contributed by atoms with Crippen molar-refractivity contribution in [3.8, 4) is 11.5 Å². The highest BCUT2D eigenvalue weighted by Crippen LogP contribution is 2.29. The van der Waals surface area contributed by atoms with Crippen LogP contribution in [0.4, 0.5) is 5.95 Å². The van der Waals surface area contributed by atoms with Gasteiger partial charge in [0.05, 0.1) is 6.04 Å². The molecule has 1 aliphatic heterocycles. The minimum Gasteiger partial charge on any atom is -0.354 e. The molecule has 1 atom stereocenters. The third kappa shape index (κ3) is 2.14. The maximum Gasteiger partial charge on any atom is 0.222 e. The molecule has 6 nitrogen and oxygen atoms in total. The zero-order valence-corrected chi connectivity index (χ0v) is 11.3. The van der Waals surface area contributed by atoms with E-state index >= 15 is 0 Å². The highest BCUT2D eigenvalue weighted by Gasteiger charge is 2.24. The number of hydrogen-bond donors (Lipinski definition) is 1. The molecule has 0 radical (unpaired) electrons. The smallest absolute Gasteiger partial charge is 0.222 e. The number of anilines is 1. The van der Waals surface area contributed by atoms with Crippen molar-refractivity contribution in [1.29, 1.82) is 0 Å². The van der Waals surface area contributed by atoms with Crippen LogP contribution in [0.25, 0.3) is 11.5 Å². The van der Waals surface area contributed by atoms with E-state index in [4.69, 9.17) is 0 Å². The molecule has 0 aromatic carbocycles. The van der Waals surface area contributed by atoms with E-state index in [2.05, 4.69) is 25.4 Å². The van der Waals surface area contributed by atoms with Gasteiger partial charge in [0.15, 0.2) is 0 Å². The van der Waals surface area contributed by atoms with Gasteiger partial charge in [-0.15, -0.1) is 5.10 Å². The molecule has 4 heterocycles. The number of pyridine rings is 2. The molecule has 0 saturated carbocycles. The van der Waals surface area contributed by atoms with Gasteiger partial charge in [-0.3, -0.25) is 9.97 Å². The summed E-state index contributed by atoms with van der Waals surface area (Å²) in [4.78, 5) is 13.0. The molecule has 3 aromatic heterocycles. The summed E-state index contributed by atoms with van der Waals surface area (Å²) in [6, 6.07) is 9.99. The van der Waals surface area contributed by atoms with Crippen molar-refractivity contribution in [2.24, 2.45) is 0 Å². The molecule has 0 aliphatic carbocycles. The summed E-state index contributed by atoms with van der Waals surface area (Å²) in [7, 11) is 0. The van der Waals surface area contributed by atoms with Crippen LogP contribution < -0.4 is 5.32 Å². The normalized spacial score (nSPS) is 17.0. The molecule has 1 unspecified atom stereocenters. The number of aromatic nitrogens is 5. The third-order valence-electron chi connectivity index (χ3n) is 3.61. The van der Waals surface area contributed by atoms with Gasteiger partial charge in [0.1, 0.15) is 5.69 Å². The molecule has 3 aromatic rings. The zero-order chi connectivity index (χ0) is 14.1. The van der Waals surface area contributed by atoms with E-state index < -0.39 is 0 Å². The minimum atomic E-state index is 0.189. The van der Waals surface area contributed by atoms with Crippen LogP contribution in [0.3, 0.4) is 0 Å². The number of nitrogens with zero attached hydrogens (tertiary/aromatic N) is 5. The first-order valence-corrected chi connectivity index (χ1v) is 6.93. The van der Waals surface area contributed by atoms with Crippen molar-refractivity contribution in [3.63, 3.8) is 0 Å². The summed E-state index contributed by atoms with van der Waals surface area (Å²) in [6.45, 7) is 0.882. The van der Waals surface area contributed by atoms with E-state index in [0.29, 0.717) is 5.82 Å². The largest absolute Gasteiger partial charge is 0.354 e. The first-order chi connectivity index (χ1) is 10.4. The van der Waals surface area contributed by atoms with Crippen LogP contribution in [-0.2, 0) is 0 Å². The van der Waals surface area contributed by atoms with Crippen LogP contribution in [0, 0.1) is 0 Å². The Labute approximate surface area is 121 Å². The van der Waals surface area contributed by atoms with E-state index in [9.17, 15) is 0 Å². The molecule has 0 bridgehead atoms. The van der Waals surface area contributed by atoms with Crippen LogP contribution in [-0.4, -0.2) is 31.3 Å². The zero-order valence-electron chi connectivity index (χ0n) is 11.3. The van der Waals surface area contributed by atoms with Crippen LogP contribution in [0.2, 0.25) is 0 Å². The van der Waals surface area contributed by atoms with E-state index in [1.165, 1.54) is 5.56 Å². The third-order valence-corrected chi connectivity index (χ3v) is 3.61. The molecular weight excluding hydrogens is 264 g/mol. The Morgan fingerprint density at radius 1 is 1.10 bits per heavy atom. The Morgan fingerprint density at radius 3 is 2.81 bits per heavy atom. The van der Waals surface area contributed by atoms with Crippen molar-refractivity contribution >= 4 is 5.95 Å². The van der Waals surface area contributed by atoms with Crippen molar-refractivity contribution in [2.75, 3.05) is 11.9 Å². The minimum absolute atomic E-state index is 0.189. The summed E-state index contributed by atoms with van der Waals surface area (Å²) < 4.78 is 1.95. The quantitative estimate of drug-likeness (QED) is 0.777. The lowest BCUT2D eigenvalue weighted by Gasteiger charge is -2.24. The van der Waals surface area contributed by atoms with E-state index in [1.54, 1.807) is 6.20 Å². The molecule has 4 rings (SSSR count). The maximum atomic E-state index is 4.64. The van der Waals surface area contributed by atoms with Crippen LogP contribution in [0.5, 0.6) is 0 Å². The van der Waals surface area contributed by atoms with Gasteiger partial charge in [-0.05, 0) is 36.2 Å². The second kappa shape index (κ2) is 4.97. The molecular formula is C15H14N6. The summed E-state index contributed by atoms with van der Waals surface area (Å²) in [6.07, 6.45) is 6.35. The Bertz CT molecular complexity index is 737. The predicted octanol–water partition coefficient (Wildman–Crippen LogP) is 2.14. The first-order valence-electron chi connectivity index (χ1n) is 6.93. The lowest BCUT2D eigenvalue weighted by atomic mass is 10.0. The molecule has 0 fully saturated rings. The molecule has 104 valence electrons. The van der Waals surface area contributed by atoms with Gasteiger partial charge < -0.3 is 5.32 Å². The van der Waals surface area contributed by atoms with Crippen molar-refractivity contribution < 1.29 is 0 Å². The van der Waals surface area contributed by atoms with Gasteiger partial charge in [0.25, 0.3) is 0 Å². The van der Waals surface area contributed by atoms with E-state index in [0.717, 1.165) is 24.6 Å². The highest BCUT2D eigenvalue weighted by molar-refractivity contribution is 5.51. The molecule has 1 aliphatic rings. The predicted molar refractivity (Wildman–Crippen MR) is 78.7 cm³/mol. The average molecular weight is 278 g/mol. The van der Waals surface area contributed by atoms with Gasteiger partial charge in [-0.25, -0.2) is 4.68 Å². The van der Waals surface area contributed by atoms with Crippen LogP contribution in [0.1, 0.15) is 18.0 Å². The molecule has 21 heavy (non-hydrogen) atoms.